The third kappa shape index (κ3) is 7.08. The number of ether oxygens (including phenoxy) is 1. The molecule has 0 unspecified atom stereocenters. The first-order valence-electron chi connectivity index (χ1n) is 9.89. The predicted octanol–water partition coefficient (Wildman–Crippen LogP) is 4.86. The smallest absolute Gasteiger partial charge is 0.264 e. The van der Waals surface area contributed by atoms with Crippen LogP contribution in [0.3, 0.4) is 0 Å². The number of hydrogen-bond acceptors (Lipinski definition) is 5. The van der Waals surface area contributed by atoms with E-state index in [9.17, 15) is 9.59 Å². The van der Waals surface area contributed by atoms with E-state index in [2.05, 4.69) is 27.8 Å². The van der Waals surface area contributed by atoms with E-state index < -0.39 is 0 Å². The fourth-order valence-electron chi connectivity index (χ4n) is 2.87. The molecule has 3 rings (SSSR count). The lowest BCUT2D eigenvalue weighted by atomic mass is 10.1. The van der Waals surface area contributed by atoms with Gasteiger partial charge >= 0.3 is 0 Å². The second kappa shape index (κ2) is 10.9. The Bertz CT molecular complexity index is 1050. The number of thiazole rings is 1. The highest BCUT2D eigenvalue weighted by atomic mass is 35.5. The number of halogens is 1. The number of aromatic nitrogens is 1. The van der Waals surface area contributed by atoms with Gasteiger partial charge in [0, 0.05) is 29.4 Å². The predicted molar refractivity (Wildman–Crippen MR) is 125 cm³/mol. The molecule has 1 heterocycles. The molecule has 2 N–H and O–H groups in total. The van der Waals surface area contributed by atoms with Gasteiger partial charge in [-0.1, -0.05) is 35.9 Å². The average Bonchev–Trinajstić information content (AvgIpc) is 3.21. The standard InChI is InChI=1S/C23H24ClN3O3S/c1-15-12-19(9-10-20(15)24)30-13-22(29)27-23-26-21(14-31-23)18-7-5-17(6-8-18)4-3-11-25-16(2)28/h5-10,12,14H,3-4,11,13H2,1-2H3,(H,25,28)(H,26,27,29). The SMILES string of the molecule is CC(=O)NCCCc1ccc(-c2csc(NC(=O)COc3ccc(Cl)c(C)c3)n2)cc1. The van der Waals surface area contributed by atoms with Crippen molar-refractivity contribution in [1.82, 2.24) is 10.3 Å². The summed E-state index contributed by atoms with van der Waals surface area (Å²) in [6.07, 6.45) is 1.79. The summed E-state index contributed by atoms with van der Waals surface area (Å²) in [4.78, 5) is 27.6. The Morgan fingerprint density at radius 1 is 1.16 bits per heavy atom. The number of nitrogens with zero attached hydrogens (tertiary/aromatic N) is 1. The lowest BCUT2D eigenvalue weighted by molar-refractivity contribution is -0.119. The van der Waals surface area contributed by atoms with E-state index in [0.29, 0.717) is 22.4 Å². The molecule has 6 nitrogen and oxygen atoms in total. The maximum Gasteiger partial charge on any atom is 0.264 e. The van der Waals surface area contributed by atoms with Crippen LogP contribution in [0.2, 0.25) is 5.02 Å². The number of anilines is 1. The van der Waals surface area contributed by atoms with Gasteiger partial charge in [-0.2, -0.15) is 0 Å². The quantitative estimate of drug-likeness (QED) is 0.450. The first-order chi connectivity index (χ1) is 14.9. The first kappa shape index (κ1) is 22.8. The molecule has 0 saturated heterocycles. The third-order valence-electron chi connectivity index (χ3n) is 4.52. The van der Waals surface area contributed by atoms with Crippen LogP contribution >= 0.6 is 22.9 Å². The lowest BCUT2D eigenvalue weighted by Crippen LogP contribution is -2.21. The van der Waals surface area contributed by atoms with Gasteiger partial charge in [0.1, 0.15) is 5.75 Å². The molecular formula is C23H24ClN3O3S. The number of rotatable bonds is 9. The van der Waals surface area contributed by atoms with Gasteiger partial charge < -0.3 is 10.1 Å². The van der Waals surface area contributed by atoms with Crippen LogP contribution in [-0.2, 0) is 16.0 Å². The molecule has 1 aromatic heterocycles. The summed E-state index contributed by atoms with van der Waals surface area (Å²) in [6, 6.07) is 13.4. The summed E-state index contributed by atoms with van der Waals surface area (Å²) >= 11 is 7.36. The number of aryl methyl sites for hydroxylation is 2. The topological polar surface area (TPSA) is 80.3 Å². The van der Waals surface area contributed by atoms with Crippen molar-refractivity contribution >= 4 is 39.9 Å². The molecule has 0 fully saturated rings. The zero-order valence-electron chi connectivity index (χ0n) is 17.4. The Kier molecular flexibility index (Phi) is 8.03. The van der Waals surface area contributed by atoms with E-state index in [1.165, 1.54) is 23.8 Å². The number of carbonyl (C=O) groups excluding carboxylic acids is 2. The Labute approximate surface area is 190 Å². The van der Waals surface area contributed by atoms with E-state index in [-0.39, 0.29) is 18.4 Å². The molecule has 2 aromatic carbocycles. The molecule has 0 radical (unpaired) electrons. The minimum atomic E-state index is -0.275. The number of carbonyl (C=O) groups is 2. The highest BCUT2D eigenvalue weighted by molar-refractivity contribution is 7.14. The van der Waals surface area contributed by atoms with E-state index in [0.717, 1.165) is 29.7 Å². The fourth-order valence-corrected chi connectivity index (χ4v) is 3.73. The van der Waals surface area contributed by atoms with Crippen LogP contribution in [0.1, 0.15) is 24.5 Å². The molecule has 8 heteroatoms. The molecule has 0 atom stereocenters. The summed E-state index contributed by atoms with van der Waals surface area (Å²) in [5.41, 5.74) is 3.88. The Balaban J connectivity index is 1.49. The monoisotopic (exact) mass is 457 g/mol. The molecule has 31 heavy (non-hydrogen) atoms. The normalized spacial score (nSPS) is 10.5. The summed E-state index contributed by atoms with van der Waals surface area (Å²) in [5.74, 6) is 0.311. The third-order valence-corrected chi connectivity index (χ3v) is 5.70. The van der Waals surface area contributed by atoms with Gasteiger partial charge in [-0.05, 0) is 49.1 Å². The van der Waals surface area contributed by atoms with Gasteiger partial charge in [0.15, 0.2) is 11.7 Å². The lowest BCUT2D eigenvalue weighted by Gasteiger charge is -2.07. The maximum atomic E-state index is 12.2. The second-order valence-electron chi connectivity index (χ2n) is 7.07. The van der Waals surface area contributed by atoms with Gasteiger partial charge in [-0.25, -0.2) is 4.98 Å². The fraction of sp³-hybridized carbons (Fsp3) is 0.261. The van der Waals surface area contributed by atoms with Crippen molar-refractivity contribution in [3.05, 3.63) is 64.0 Å². The molecule has 0 aliphatic carbocycles. The highest BCUT2D eigenvalue weighted by Gasteiger charge is 2.09. The molecule has 2 amide bonds. The largest absolute Gasteiger partial charge is 0.484 e. The van der Waals surface area contributed by atoms with E-state index in [1.807, 2.05) is 24.4 Å². The van der Waals surface area contributed by atoms with Gasteiger partial charge in [-0.3, -0.25) is 14.9 Å². The van der Waals surface area contributed by atoms with Crippen molar-refractivity contribution in [2.75, 3.05) is 18.5 Å². The molecule has 0 aliphatic heterocycles. The van der Waals surface area contributed by atoms with Gasteiger partial charge in [0.05, 0.1) is 5.69 Å². The Morgan fingerprint density at radius 2 is 1.94 bits per heavy atom. The van der Waals surface area contributed by atoms with Crippen molar-refractivity contribution in [3.8, 4) is 17.0 Å². The van der Waals surface area contributed by atoms with Crippen LogP contribution < -0.4 is 15.4 Å². The van der Waals surface area contributed by atoms with Gasteiger partial charge in [-0.15, -0.1) is 11.3 Å². The van der Waals surface area contributed by atoms with Crippen LogP contribution in [0.15, 0.2) is 47.8 Å². The zero-order chi connectivity index (χ0) is 22.2. The van der Waals surface area contributed by atoms with Crippen LogP contribution in [-0.4, -0.2) is 29.9 Å². The molecule has 0 aliphatic rings. The van der Waals surface area contributed by atoms with E-state index >= 15 is 0 Å². The number of benzene rings is 2. The van der Waals surface area contributed by atoms with Crippen molar-refractivity contribution in [3.63, 3.8) is 0 Å². The average molecular weight is 458 g/mol. The van der Waals surface area contributed by atoms with Gasteiger partial charge in [0.25, 0.3) is 5.91 Å². The van der Waals surface area contributed by atoms with Crippen molar-refractivity contribution < 1.29 is 14.3 Å². The molecule has 0 saturated carbocycles. The molecule has 162 valence electrons. The second-order valence-corrected chi connectivity index (χ2v) is 8.33. The summed E-state index contributed by atoms with van der Waals surface area (Å²) in [6.45, 7) is 3.97. The zero-order valence-corrected chi connectivity index (χ0v) is 19.0. The van der Waals surface area contributed by atoms with Crippen LogP contribution in [0.4, 0.5) is 5.13 Å². The number of nitrogens with one attached hydrogen (secondary N) is 2. The minimum Gasteiger partial charge on any atom is -0.484 e. The molecule has 0 spiro atoms. The number of amides is 2. The van der Waals surface area contributed by atoms with E-state index in [1.54, 1.807) is 18.2 Å². The minimum absolute atomic E-state index is 0.00610. The summed E-state index contributed by atoms with van der Waals surface area (Å²) in [7, 11) is 0. The van der Waals surface area contributed by atoms with Crippen LogP contribution in [0, 0.1) is 6.92 Å². The molecular weight excluding hydrogens is 434 g/mol. The van der Waals surface area contributed by atoms with Gasteiger partial charge in [0.2, 0.25) is 5.91 Å². The first-order valence-corrected chi connectivity index (χ1v) is 11.1. The Morgan fingerprint density at radius 3 is 2.65 bits per heavy atom. The number of hydrogen-bond donors (Lipinski definition) is 2. The van der Waals surface area contributed by atoms with E-state index in [4.69, 9.17) is 16.3 Å². The Hall–Kier alpha value is -2.90. The summed E-state index contributed by atoms with van der Waals surface area (Å²) < 4.78 is 5.52. The summed E-state index contributed by atoms with van der Waals surface area (Å²) in [5, 5.41) is 8.65. The molecule has 0 bridgehead atoms. The van der Waals surface area contributed by atoms with Crippen molar-refractivity contribution in [2.24, 2.45) is 0 Å². The van der Waals surface area contributed by atoms with Crippen LogP contribution in [0.25, 0.3) is 11.3 Å². The van der Waals surface area contributed by atoms with Crippen LogP contribution in [0.5, 0.6) is 5.75 Å². The van der Waals surface area contributed by atoms with Crippen molar-refractivity contribution in [2.45, 2.75) is 26.7 Å². The van der Waals surface area contributed by atoms with Crippen molar-refractivity contribution in [1.29, 1.82) is 0 Å². The highest BCUT2D eigenvalue weighted by Crippen LogP contribution is 2.25. The molecule has 3 aromatic rings. The maximum absolute atomic E-state index is 12.2.